The van der Waals surface area contributed by atoms with E-state index in [2.05, 4.69) is 10.3 Å². The number of Topliss-reactive ketones (excluding diaryl/α,β-unsaturated/α-hetero) is 1. The fourth-order valence-electron chi connectivity index (χ4n) is 4.13. The molecule has 9 nitrogen and oxygen atoms in total. The van der Waals surface area contributed by atoms with Crippen LogP contribution in [0.1, 0.15) is 38.6 Å². The molecule has 0 radical (unpaired) electrons. The second-order valence-corrected chi connectivity index (χ2v) is 9.48. The molecule has 1 aliphatic rings. The Kier molecular flexibility index (Phi) is 5.89. The van der Waals surface area contributed by atoms with Gasteiger partial charge in [-0.2, -0.15) is 0 Å². The van der Waals surface area contributed by atoms with Crippen LogP contribution >= 0.6 is 11.3 Å². The van der Waals surface area contributed by atoms with Gasteiger partial charge in [-0.25, -0.2) is 4.98 Å². The number of hydrogen-bond acceptors (Lipinski definition) is 7. The molecule has 0 saturated heterocycles. The van der Waals surface area contributed by atoms with Gasteiger partial charge >= 0.3 is 0 Å². The highest BCUT2D eigenvalue weighted by Gasteiger charge is 2.27. The smallest absolute Gasteiger partial charge is 0.266 e. The fraction of sp³-hybridized carbons (Fsp3) is 0.192. The highest BCUT2D eigenvalue weighted by Crippen LogP contribution is 2.33. The first-order chi connectivity index (χ1) is 17.3. The average molecular weight is 503 g/mol. The molecule has 36 heavy (non-hydrogen) atoms. The van der Waals surface area contributed by atoms with Crippen LogP contribution in [0.3, 0.4) is 0 Å². The Balaban J connectivity index is 1.47. The minimum atomic E-state index is -0.862. The highest BCUT2D eigenvalue weighted by atomic mass is 32.1. The quantitative estimate of drug-likeness (QED) is 0.416. The van der Waals surface area contributed by atoms with Gasteiger partial charge < -0.3 is 15.0 Å². The summed E-state index contributed by atoms with van der Waals surface area (Å²) in [6.07, 6.45) is 1.33. The summed E-state index contributed by atoms with van der Waals surface area (Å²) >= 11 is 1.13. The third-order valence-electron chi connectivity index (χ3n) is 6.24. The van der Waals surface area contributed by atoms with Crippen molar-refractivity contribution < 1.29 is 19.1 Å². The molecule has 0 saturated carbocycles. The van der Waals surface area contributed by atoms with Crippen LogP contribution < -0.4 is 20.5 Å². The molecule has 0 spiro atoms. The predicted octanol–water partition coefficient (Wildman–Crippen LogP) is 3.82. The highest BCUT2D eigenvalue weighted by molar-refractivity contribution is 7.20. The monoisotopic (exact) mass is 502 g/mol. The van der Waals surface area contributed by atoms with E-state index in [4.69, 9.17) is 4.74 Å². The number of ether oxygens (including phenoxy) is 1. The van der Waals surface area contributed by atoms with E-state index >= 15 is 0 Å². The number of likely N-dealkylation sites (N-methyl/N-ethyl adjacent to an activating group) is 1. The van der Waals surface area contributed by atoms with Crippen LogP contribution in [0.2, 0.25) is 0 Å². The van der Waals surface area contributed by atoms with Crippen LogP contribution in [0.4, 0.5) is 11.4 Å². The maximum atomic E-state index is 13.4. The summed E-state index contributed by atoms with van der Waals surface area (Å²) in [4.78, 5) is 58.2. The zero-order chi connectivity index (χ0) is 25.6. The third kappa shape index (κ3) is 3.95. The Morgan fingerprint density at radius 2 is 1.89 bits per heavy atom. The number of amides is 2. The zero-order valence-electron chi connectivity index (χ0n) is 19.8. The lowest BCUT2D eigenvalue weighted by atomic mass is 10.0. The number of aromatic nitrogens is 2. The molecule has 2 amide bonds. The first kappa shape index (κ1) is 23.4. The van der Waals surface area contributed by atoms with Crippen LogP contribution in [0.15, 0.2) is 59.7 Å². The van der Waals surface area contributed by atoms with E-state index in [9.17, 15) is 19.2 Å². The van der Waals surface area contributed by atoms with Crippen molar-refractivity contribution >= 4 is 50.5 Å². The SMILES string of the molecule is Cc1c(C(=O)Nc2ccccc2)sc2ncn(C(C)C(=O)c3ccc4c(c3)N(C)C(=O)CO4)c(=O)c12. The summed E-state index contributed by atoms with van der Waals surface area (Å²) in [6, 6.07) is 13.0. The van der Waals surface area contributed by atoms with Crippen LogP contribution in [0, 0.1) is 6.92 Å². The van der Waals surface area contributed by atoms with E-state index in [0.717, 1.165) is 11.3 Å². The number of anilines is 2. The number of nitrogens with one attached hydrogen (secondary N) is 1. The van der Waals surface area contributed by atoms with Gasteiger partial charge in [0.1, 0.15) is 10.6 Å². The number of rotatable bonds is 5. The topological polar surface area (TPSA) is 111 Å². The molecular formula is C26H22N4O5S. The van der Waals surface area contributed by atoms with Crippen molar-refractivity contribution in [3.63, 3.8) is 0 Å². The largest absolute Gasteiger partial charge is 0.482 e. The molecule has 2 aromatic carbocycles. The number of nitrogens with zero attached hydrogens (tertiary/aromatic N) is 3. The predicted molar refractivity (Wildman–Crippen MR) is 137 cm³/mol. The zero-order valence-corrected chi connectivity index (χ0v) is 20.6. The first-order valence-electron chi connectivity index (χ1n) is 11.2. The summed E-state index contributed by atoms with van der Waals surface area (Å²) < 4.78 is 6.70. The van der Waals surface area contributed by atoms with Gasteiger partial charge in [0, 0.05) is 18.3 Å². The molecular weight excluding hydrogens is 480 g/mol. The number of ketones is 1. The van der Waals surface area contributed by atoms with Gasteiger partial charge in [0.2, 0.25) is 0 Å². The van der Waals surface area contributed by atoms with Crippen molar-refractivity contribution in [1.82, 2.24) is 9.55 Å². The summed E-state index contributed by atoms with van der Waals surface area (Å²) in [7, 11) is 1.62. The van der Waals surface area contributed by atoms with E-state index in [-0.39, 0.29) is 24.2 Å². The first-order valence-corrected chi connectivity index (χ1v) is 12.0. The normalized spacial score (nSPS) is 13.8. The molecule has 0 fully saturated rings. The lowest BCUT2D eigenvalue weighted by Crippen LogP contribution is -2.35. The van der Waals surface area contributed by atoms with E-state index in [1.807, 2.05) is 18.2 Å². The molecule has 1 N–H and O–H groups in total. The van der Waals surface area contributed by atoms with Crippen LogP contribution in [-0.2, 0) is 4.79 Å². The molecule has 5 rings (SSSR count). The summed E-state index contributed by atoms with van der Waals surface area (Å²) in [5.74, 6) is -0.350. The van der Waals surface area contributed by atoms with E-state index in [1.165, 1.54) is 15.8 Å². The van der Waals surface area contributed by atoms with Crippen molar-refractivity contribution in [3.05, 3.63) is 81.2 Å². The number of aryl methyl sites for hydroxylation is 1. The van der Waals surface area contributed by atoms with Crippen molar-refractivity contribution in [1.29, 1.82) is 0 Å². The Morgan fingerprint density at radius 1 is 1.14 bits per heavy atom. The standard InChI is InChI=1S/C26H22N4O5S/c1-14-21-25(36-23(14)24(33)28-17-7-5-4-6-8-17)27-13-30(26(21)34)15(2)22(32)16-9-10-19-18(11-16)29(3)20(31)12-35-19/h4-11,13,15H,12H2,1-3H3,(H,28,33). The molecule has 1 atom stereocenters. The van der Waals surface area contributed by atoms with Crippen molar-refractivity contribution in [3.8, 4) is 5.75 Å². The number of fused-ring (bicyclic) bond motifs is 2. The van der Waals surface area contributed by atoms with Crippen molar-refractivity contribution in [2.45, 2.75) is 19.9 Å². The molecule has 1 unspecified atom stereocenters. The average Bonchev–Trinajstić information content (AvgIpc) is 3.23. The number of benzene rings is 2. The molecule has 4 aromatic rings. The Labute approximate surface area is 209 Å². The summed E-state index contributed by atoms with van der Waals surface area (Å²) in [5, 5.41) is 3.14. The lowest BCUT2D eigenvalue weighted by molar-refractivity contribution is -0.120. The second-order valence-electron chi connectivity index (χ2n) is 8.48. The van der Waals surface area contributed by atoms with Gasteiger partial charge in [0.25, 0.3) is 17.4 Å². The van der Waals surface area contributed by atoms with Gasteiger partial charge in [-0.05, 0) is 49.7 Å². The van der Waals surface area contributed by atoms with Crippen molar-refractivity contribution in [2.24, 2.45) is 0 Å². The van der Waals surface area contributed by atoms with Crippen LogP contribution in [-0.4, -0.2) is 40.8 Å². The molecule has 182 valence electrons. The number of para-hydroxylation sites is 1. The second kappa shape index (κ2) is 9.04. The van der Waals surface area contributed by atoms with Gasteiger partial charge in [-0.3, -0.25) is 23.7 Å². The number of thiophene rings is 1. The van der Waals surface area contributed by atoms with Gasteiger partial charge in [-0.15, -0.1) is 11.3 Å². The number of hydrogen-bond donors (Lipinski definition) is 1. The number of carbonyl (C=O) groups excluding carboxylic acids is 3. The summed E-state index contributed by atoms with van der Waals surface area (Å²) in [6.45, 7) is 3.27. The molecule has 2 aromatic heterocycles. The lowest BCUT2D eigenvalue weighted by Gasteiger charge is -2.26. The third-order valence-corrected chi connectivity index (χ3v) is 7.44. The summed E-state index contributed by atoms with van der Waals surface area (Å²) in [5.41, 5.74) is 1.59. The fourth-order valence-corrected chi connectivity index (χ4v) is 5.17. The van der Waals surface area contributed by atoms with Gasteiger partial charge in [0.15, 0.2) is 12.4 Å². The maximum absolute atomic E-state index is 13.4. The van der Waals surface area contributed by atoms with Crippen LogP contribution in [0.25, 0.3) is 10.2 Å². The number of carbonyl (C=O) groups is 3. The Hall–Kier alpha value is -4.31. The van der Waals surface area contributed by atoms with E-state index < -0.39 is 11.6 Å². The van der Waals surface area contributed by atoms with Gasteiger partial charge in [0.05, 0.1) is 28.3 Å². The molecule has 1 aliphatic heterocycles. The van der Waals surface area contributed by atoms with Crippen molar-refractivity contribution in [2.75, 3.05) is 23.9 Å². The maximum Gasteiger partial charge on any atom is 0.266 e. The molecule has 3 heterocycles. The molecule has 0 bridgehead atoms. The minimum absolute atomic E-state index is 0.0559. The molecule has 10 heteroatoms. The Bertz CT molecular complexity index is 1590. The minimum Gasteiger partial charge on any atom is -0.482 e. The molecule has 0 aliphatic carbocycles. The van der Waals surface area contributed by atoms with Crippen LogP contribution in [0.5, 0.6) is 5.75 Å². The Morgan fingerprint density at radius 3 is 2.64 bits per heavy atom. The van der Waals surface area contributed by atoms with E-state index in [1.54, 1.807) is 51.2 Å². The van der Waals surface area contributed by atoms with E-state index in [0.29, 0.717) is 43.3 Å². The van der Waals surface area contributed by atoms with Gasteiger partial charge in [-0.1, -0.05) is 18.2 Å².